The minimum atomic E-state index is 0.565. The van der Waals surface area contributed by atoms with Gasteiger partial charge in [0.25, 0.3) is 0 Å². The van der Waals surface area contributed by atoms with Gasteiger partial charge in [-0.15, -0.1) is 17.9 Å². The van der Waals surface area contributed by atoms with Crippen molar-refractivity contribution >= 4 is 17.3 Å². The van der Waals surface area contributed by atoms with Crippen molar-refractivity contribution in [2.24, 2.45) is 4.99 Å². The number of hydrogen-bond donors (Lipinski definition) is 2. The first kappa shape index (κ1) is 15.3. The summed E-state index contributed by atoms with van der Waals surface area (Å²) < 4.78 is 0. The van der Waals surface area contributed by atoms with Gasteiger partial charge in [-0.1, -0.05) is 36.4 Å². The van der Waals surface area contributed by atoms with Crippen LogP contribution in [-0.4, -0.2) is 24.0 Å². The molecule has 0 saturated carbocycles. The summed E-state index contributed by atoms with van der Waals surface area (Å²) in [5.41, 5.74) is 2.13. The molecule has 0 atom stereocenters. The first-order chi connectivity index (χ1) is 10.3. The lowest BCUT2D eigenvalue weighted by molar-refractivity contribution is 0.855. The molecule has 0 saturated heterocycles. The van der Waals surface area contributed by atoms with Crippen molar-refractivity contribution in [3.8, 4) is 10.6 Å². The number of benzene rings is 1. The SMILES string of the molecule is C=CCNC(=NCc1csc(-c2ccccc2)n1)NCC. The second-order valence-electron chi connectivity index (χ2n) is 4.37. The number of hydrogen-bond acceptors (Lipinski definition) is 3. The maximum atomic E-state index is 4.63. The van der Waals surface area contributed by atoms with Crippen LogP contribution in [0.3, 0.4) is 0 Å². The van der Waals surface area contributed by atoms with Crippen LogP contribution < -0.4 is 10.6 Å². The molecule has 0 aliphatic heterocycles. The molecule has 0 radical (unpaired) electrons. The Balaban J connectivity index is 2.02. The van der Waals surface area contributed by atoms with Crippen LogP contribution in [0.15, 0.2) is 53.4 Å². The molecule has 0 bridgehead atoms. The van der Waals surface area contributed by atoms with E-state index in [2.05, 4.69) is 44.7 Å². The summed E-state index contributed by atoms with van der Waals surface area (Å²) in [7, 11) is 0. The van der Waals surface area contributed by atoms with Gasteiger partial charge in [-0.05, 0) is 6.92 Å². The summed E-state index contributed by atoms with van der Waals surface area (Å²) in [4.78, 5) is 9.15. The fraction of sp³-hybridized carbons (Fsp3) is 0.250. The zero-order valence-corrected chi connectivity index (χ0v) is 13.0. The summed E-state index contributed by atoms with van der Waals surface area (Å²) in [6, 6.07) is 10.2. The molecule has 0 amide bonds. The highest BCUT2D eigenvalue weighted by molar-refractivity contribution is 7.13. The van der Waals surface area contributed by atoms with Gasteiger partial charge < -0.3 is 10.6 Å². The van der Waals surface area contributed by atoms with Crippen molar-refractivity contribution in [3.63, 3.8) is 0 Å². The monoisotopic (exact) mass is 300 g/mol. The summed E-state index contributed by atoms with van der Waals surface area (Å²) in [6.45, 7) is 7.82. The molecule has 0 aliphatic carbocycles. The van der Waals surface area contributed by atoms with E-state index >= 15 is 0 Å². The van der Waals surface area contributed by atoms with E-state index in [9.17, 15) is 0 Å². The Morgan fingerprint density at radius 3 is 2.86 bits per heavy atom. The number of aromatic nitrogens is 1. The maximum Gasteiger partial charge on any atom is 0.191 e. The predicted octanol–water partition coefficient (Wildman–Crippen LogP) is 3.05. The van der Waals surface area contributed by atoms with Gasteiger partial charge in [0.2, 0.25) is 0 Å². The van der Waals surface area contributed by atoms with Crippen molar-refractivity contribution in [1.29, 1.82) is 0 Å². The molecule has 2 rings (SSSR count). The van der Waals surface area contributed by atoms with Gasteiger partial charge in [-0.25, -0.2) is 9.98 Å². The van der Waals surface area contributed by atoms with E-state index in [4.69, 9.17) is 0 Å². The molecule has 0 aliphatic rings. The molecule has 2 aromatic rings. The lowest BCUT2D eigenvalue weighted by Gasteiger charge is -2.08. The van der Waals surface area contributed by atoms with Crippen LogP contribution in [0.25, 0.3) is 10.6 Å². The zero-order chi connectivity index (χ0) is 14.9. The molecule has 2 N–H and O–H groups in total. The Morgan fingerprint density at radius 2 is 2.14 bits per heavy atom. The highest BCUT2D eigenvalue weighted by Crippen LogP contribution is 2.23. The molecule has 21 heavy (non-hydrogen) atoms. The Kier molecular flexibility index (Phi) is 5.97. The molecule has 4 nitrogen and oxygen atoms in total. The quantitative estimate of drug-likeness (QED) is 0.490. The van der Waals surface area contributed by atoms with Gasteiger partial charge in [-0.2, -0.15) is 0 Å². The topological polar surface area (TPSA) is 49.3 Å². The molecule has 0 fully saturated rings. The number of thiazole rings is 1. The summed E-state index contributed by atoms with van der Waals surface area (Å²) in [5.74, 6) is 0.784. The molecular formula is C16H20N4S. The fourth-order valence-corrected chi connectivity index (χ4v) is 2.58. The number of rotatable bonds is 6. The van der Waals surface area contributed by atoms with E-state index in [-0.39, 0.29) is 0 Å². The number of nitrogens with zero attached hydrogens (tertiary/aromatic N) is 2. The van der Waals surface area contributed by atoms with E-state index in [1.165, 1.54) is 0 Å². The lowest BCUT2D eigenvalue weighted by Crippen LogP contribution is -2.37. The molecule has 1 heterocycles. The van der Waals surface area contributed by atoms with Gasteiger partial charge in [0.15, 0.2) is 5.96 Å². The zero-order valence-electron chi connectivity index (χ0n) is 12.2. The molecule has 0 spiro atoms. The predicted molar refractivity (Wildman–Crippen MR) is 90.6 cm³/mol. The molecular weight excluding hydrogens is 280 g/mol. The van der Waals surface area contributed by atoms with E-state index in [1.54, 1.807) is 11.3 Å². The van der Waals surface area contributed by atoms with Crippen molar-refractivity contribution in [1.82, 2.24) is 15.6 Å². The normalized spacial score (nSPS) is 11.2. The second-order valence-corrected chi connectivity index (χ2v) is 5.23. The van der Waals surface area contributed by atoms with Crippen LogP contribution in [-0.2, 0) is 6.54 Å². The average molecular weight is 300 g/mol. The number of aliphatic imine (C=N–C) groups is 1. The molecule has 5 heteroatoms. The number of guanidine groups is 1. The van der Waals surface area contributed by atoms with E-state index in [0.717, 1.165) is 28.8 Å². The van der Waals surface area contributed by atoms with Crippen LogP contribution >= 0.6 is 11.3 Å². The van der Waals surface area contributed by atoms with Crippen LogP contribution in [0.2, 0.25) is 0 Å². The molecule has 1 aromatic heterocycles. The number of nitrogens with one attached hydrogen (secondary N) is 2. The van der Waals surface area contributed by atoms with Gasteiger partial charge >= 0.3 is 0 Å². The largest absolute Gasteiger partial charge is 0.357 e. The maximum absolute atomic E-state index is 4.63. The Bertz CT molecular complexity index is 589. The van der Waals surface area contributed by atoms with Crippen LogP contribution in [0.4, 0.5) is 0 Å². The summed E-state index contributed by atoms with van der Waals surface area (Å²) >= 11 is 1.65. The fourth-order valence-electron chi connectivity index (χ4n) is 1.76. The molecule has 110 valence electrons. The van der Waals surface area contributed by atoms with Crippen molar-refractivity contribution in [3.05, 3.63) is 54.1 Å². The third kappa shape index (κ3) is 4.72. The van der Waals surface area contributed by atoms with E-state index < -0.39 is 0 Å². The van der Waals surface area contributed by atoms with Gasteiger partial charge in [0.1, 0.15) is 5.01 Å². The molecule has 0 unspecified atom stereocenters. The first-order valence-corrected chi connectivity index (χ1v) is 7.84. The Hall–Kier alpha value is -2.14. The van der Waals surface area contributed by atoms with Gasteiger partial charge in [0.05, 0.1) is 12.2 Å². The van der Waals surface area contributed by atoms with Crippen LogP contribution in [0.5, 0.6) is 0 Å². The average Bonchev–Trinajstić information content (AvgIpc) is 3.00. The minimum Gasteiger partial charge on any atom is -0.357 e. The van der Waals surface area contributed by atoms with Gasteiger partial charge in [0, 0.05) is 24.0 Å². The highest BCUT2D eigenvalue weighted by Gasteiger charge is 2.04. The minimum absolute atomic E-state index is 0.565. The summed E-state index contributed by atoms with van der Waals surface area (Å²) in [5, 5.41) is 9.46. The van der Waals surface area contributed by atoms with Crippen LogP contribution in [0, 0.1) is 0 Å². The third-order valence-corrected chi connectivity index (χ3v) is 3.67. The van der Waals surface area contributed by atoms with Crippen molar-refractivity contribution < 1.29 is 0 Å². The summed E-state index contributed by atoms with van der Waals surface area (Å²) in [6.07, 6.45) is 1.81. The third-order valence-electron chi connectivity index (χ3n) is 2.73. The van der Waals surface area contributed by atoms with Gasteiger partial charge in [-0.3, -0.25) is 0 Å². The van der Waals surface area contributed by atoms with E-state index in [0.29, 0.717) is 13.1 Å². The standard InChI is InChI=1S/C16H20N4S/c1-3-10-18-16(17-4-2)19-11-14-12-21-15(20-14)13-8-6-5-7-9-13/h3,5-9,12H,1,4,10-11H2,2H3,(H2,17,18,19). The van der Waals surface area contributed by atoms with Crippen LogP contribution in [0.1, 0.15) is 12.6 Å². The van der Waals surface area contributed by atoms with Crippen molar-refractivity contribution in [2.45, 2.75) is 13.5 Å². The second kappa shape index (κ2) is 8.21. The smallest absolute Gasteiger partial charge is 0.191 e. The molecule has 1 aromatic carbocycles. The first-order valence-electron chi connectivity index (χ1n) is 6.96. The Labute approximate surface area is 129 Å². The lowest BCUT2D eigenvalue weighted by atomic mass is 10.2. The van der Waals surface area contributed by atoms with Crippen molar-refractivity contribution in [2.75, 3.05) is 13.1 Å². The highest BCUT2D eigenvalue weighted by atomic mass is 32.1. The van der Waals surface area contributed by atoms with E-state index in [1.807, 2.05) is 31.2 Å². The Morgan fingerprint density at radius 1 is 1.33 bits per heavy atom.